The molecule has 104 valence electrons. The first-order valence-corrected chi connectivity index (χ1v) is 6.60. The maximum Gasteiger partial charge on any atom is 0.330 e. The molecular weight excluding hydrogens is 250 g/mol. The van der Waals surface area contributed by atoms with Gasteiger partial charge in [0.05, 0.1) is 0 Å². The standard InChI is InChI=1S/C17H19NO2/c1-11-4-8-15(9-5-11)18-16(17(19)20)14-7-6-12(2)13(3)10-14/h4-10,16,18H,1-3H3,(H,19,20). The molecule has 1 unspecified atom stereocenters. The van der Waals surface area contributed by atoms with E-state index in [1.165, 1.54) is 0 Å². The van der Waals surface area contributed by atoms with Crippen LogP contribution in [0.2, 0.25) is 0 Å². The minimum Gasteiger partial charge on any atom is -0.479 e. The summed E-state index contributed by atoms with van der Waals surface area (Å²) in [6.07, 6.45) is 0. The number of hydrogen-bond donors (Lipinski definition) is 2. The van der Waals surface area contributed by atoms with Crippen LogP contribution in [0.25, 0.3) is 0 Å². The molecule has 0 amide bonds. The number of carboxylic acid groups (broad SMARTS) is 1. The van der Waals surface area contributed by atoms with Crippen molar-refractivity contribution >= 4 is 11.7 Å². The van der Waals surface area contributed by atoms with Crippen molar-refractivity contribution in [1.29, 1.82) is 0 Å². The molecule has 0 saturated carbocycles. The first kappa shape index (κ1) is 14.1. The fourth-order valence-electron chi connectivity index (χ4n) is 2.05. The molecule has 0 aliphatic carbocycles. The smallest absolute Gasteiger partial charge is 0.330 e. The van der Waals surface area contributed by atoms with Gasteiger partial charge in [0.1, 0.15) is 0 Å². The zero-order valence-electron chi connectivity index (χ0n) is 12.0. The second-order valence-corrected chi connectivity index (χ2v) is 5.13. The highest BCUT2D eigenvalue weighted by molar-refractivity contribution is 5.79. The normalized spacial score (nSPS) is 11.9. The molecule has 0 heterocycles. The highest BCUT2D eigenvalue weighted by Crippen LogP contribution is 2.22. The van der Waals surface area contributed by atoms with Crippen molar-refractivity contribution in [3.8, 4) is 0 Å². The first-order chi connectivity index (χ1) is 9.47. The lowest BCUT2D eigenvalue weighted by atomic mass is 10.0. The van der Waals surface area contributed by atoms with Gasteiger partial charge in [0.2, 0.25) is 0 Å². The molecule has 2 aromatic rings. The summed E-state index contributed by atoms with van der Waals surface area (Å²) in [5.74, 6) is -0.881. The molecule has 20 heavy (non-hydrogen) atoms. The van der Waals surface area contributed by atoms with E-state index in [9.17, 15) is 9.90 Å². The van der Waals surface area contributed by atoms with Crippen molar-refractivity contribution in [2.45, 2.75) is 26.8 Å². The predicted molar refractivity (Wildman–Crippen MR) is 81.1 cm³/mol. The Balaban J connectivity index is 2.29. The van der Waals surface area contributed by atoms with Crippen LogP contribution in [-0.2, 0) is 4.79 Å². The Bertz CT molecular complexity index is 617. The maximum atomic E-state index is 11.5. The second-order valence-electron chi connectivity index (χ2n) is 5.13. The van der Waals surface area contributed by atoms with E-state index in [1.54, 1.807) is 0 Å². The van der Waals surface area contributed by atoms with E-state index in [2.05, 4.69) is 5.32 Å². The summed E-state index contributed by atoms with van der Waals surface area (Å²) in [6.45, 7) is 6.01. The maximum absolute atomic E-state index is 11.5. The zero-order valence-corrected chi connectivity index (χ0v) is 12.0. The van der Waals surface area contributed by atoms with Crippen LogP contribution in [-0.4, -0.2) is 11.1 Å². The largest absolute Gasteiger partial charge is 0.479 e. The molecule has 0 aliphatic heterocycles. The summed E-state index contributed by atoms with van der Waals surface area (Å²) >= 11 is 0. The number of aliphatic carboxylic acids is 1. The molecule has 0 bridgehead atoms. The number of anilines is 1. The van der Waals surface area contributed by atoms with Crippen LogP contribution in [0.15, 0.2) is 42.5 Å². The average Bonchev–Trinajstić information content (AvgIpc) is 2.41. The molecule has 0 saturated heterocycles. The van der Waals surface area contributed by atoms with Crippen LogP contribution in [0, 0.1) is 20.8 Å². The Labute approximate surface area is 119 Å². The van der Waals surface area contributed by atoms with Gasteiger partial charge in [0.25, 0.3) is 0 Å². The molecule has 3 heteroatoms. The highest BCUT2D eigenvalue weighted by atomic mass is 16.4. The van der Waals surface area contributed by atoms with Crippen LogP contribution < -0.4 is 5.32 Å². The lowest BCUT2D eigenvalue weighted by Crippen LogP contribution is -2.20. The number of nitrogens with one attached hydrogen (secondary N) is 1. The molecule has 1 atom stereocenters. The van der Waals surface area contributed by atoms with Gasteiger partial charge in [-0.1, -0.05) is 35.9 Å². The van der Waals surface area contributed by atoms with Gasteiger partial charge in [-0.2, -0.15) is 0 Å². The third kappa shape index (κ3) is 3.18. The number of hydrogen-bond acceptors (Lipinski definition) is 2. The fourth-order valence-corrected chi connectivity index (χ4v) is 2.05. The van der Waals surface area contributed by atoms with Gasteiger partial charge in [0.15, 0.2) is 6.04 Å². The summed E-state index contributed by atoms with van der Waals surface area (Å²) in [5, 5.41) is 12.5. The summed E-state index contributed by atoms with van der Waals surface area (Å²) in [4.78, 5) is 11.5. The van der Waals surface area contributed by atoms with E-state index in [0.717, 1.165) is 27.9 Å². The topological polar surface area (TPSA) is 49.3 Å². The fraction of sp³-hybridized carbons (Fsp3) is 0.235. The Morgan fingerprint density at radius 2 is 1.65 bits per heavy atom. The number of benzene rings is 2. The van der Waals surface area contributed by atoms with Gasteiger partial charge < -0.3 is 10.4 Å². The van der Waals surface area contributed by atoms with Gasteiger partial charge >= 0.3 is 5.97 Å². The molecule has 2 rings (SSSR count). The van der Waals surface area contributed by atoms with Crippen LogP contribution in [0.5, 0.6) is 0 Å². The summed E-state index contributed by atoms with van der Waals surface area (Å²) in [7, 11) is 0. The van der Waals surface area contributed by atoms with Gasteiger partial charge in [-0.25, -0.2) is 4.79 Å². The third-order valence-corrected chi connectivity index (χ3v) is 3.47. The molecule has 3 nitrogen and oxygen atoms in total. The third-order valence-electron chi connectivity index (χ3n) is 3.47. The zero-order chi connectivity index (χ0) is 14.7. The van der Waals surface area contributed by atoms with E-state index in [4.69, 9.17) is 0 Å². The van der Waals surface area contributed by atoms with Crippen molar-refractivity contribution < 1.29 is 9.90 Å². The van der Waals surface area contributed by atoms with Crippen molar-refractivity contribution in [3.05, 3.63) is 64.7 Å². The Kier molecular flexibility index (Phi) is 4.08. The summed E-state index contributed by atoms with van der Waals surface area (Å²) < 4.78 is 0. The quantitative estimate of drug-likeness (QED) is 0.886. The van der Waals surface area contributed by atoms with Gasteiger partial charge in [-0.05, 0) is 49.6 Å². The minimum absolute atomic E-state index is 0.739. The summed E-state index contributed by atoms with van der Waals surface area (Å²) in [5.41, 5.74) is 4.98. The van der Waals surface area contributed by atoms with Crippen LogP contribution in [0.4, 0.5) is 5.69 Å². The van der Waals surface area contributed by atoms with Crippen molar-refractivity contribution in [2.24, 2.45) is 0 Å². The van der Waals surface area contributed by atoms with E-state index < -0.39 is 12.0 Å². The van der Waals surface area contributed by atoms with Gasteiger partial charge in [-0.15, -0.1) is 0 Å². The number of aryl methyl sites for hydroxylation is 3. The number of rotatable bonds is 4. The van der Waals surface area contributed by atoms with Crippen molar-refractivity contribution in [1.82, 2.24) is 0 Å². The molecule has 0 fully saturated rings. The van der Waals surface area contributed by atoms with Crippen molar-refractivity contribution in [2.75, 3.05) is 5.32 Å². The van der Waals surface area contributed by atoms with Crippen LogP contribution in [0.3, 0.4) is 0 Å². The second kappa shape index (κ2) is 5.78. The van der Waals surface area contributed by atoms with Gasteiger partial charge in [-0.3, -0.25) is 0 Å². The molecular formula is C17H19NO2. The summed E-state index contributed by atoms with van der Waals surface area (Å²) in [6, 6.07) is 12.7. The van der Waals surface area contributed by atoms with E-state index in [-0.39, 0.29) is 0 Å². The molecule has 0 spiro atoms. The van der Waals surface area contributed by atoms with Gasteiger partial charge in [0, 0.05) is 5.69 Å². The SMILES string of the molecule is Cc1ccc(NC(C(=O)O)c2ccc(C)c(C)c2)cc1. The van der Waals surface area contributed by atoms with E-state index in [0.29, 0.717) is 0 Å². The minimum atomic E-state index is -0.881. The molecule has 0 aliphatic rings. The van der Waals surface area contributed by atoms with Crippen LogP contribution >= 0.6 is 0 Å². The molecule has 2 N–H and O–H groups in total. The van der Waals surface area contributed by atoms with Crippen molar-refractivity contribution in [3.63, 3.8) is 0 Å². The Morgan fingerprint density at radius 1 is 1.00 bits per heavy atom. The lowest BCUT2D eigenvalue weighted by molar-refractivity contribution is -0.138. The van der Waals surface area contributed by atoms with E-state index in [1.807, 2.05) is 63.2 Å². The number of carbonyl (C=O) groups is 1. The average molecular weight is 269 g/mol. The highest BCUT2D eigenvalue weighted by Gasteiger charge is 2.19. The molecule has 0 radical (unpaired) electrons. The molecule has 0 aromatic heterocycles. The Morgan fingerprint density at radius 3 is 2.20 bits per heavy atom. The molecule has 2 aromatic carbocycles. The first-order valence-electron chi connectivity index (χ1n) is 6.60. The van der Waals surface area contributed by atoms with E-state index >= 15 is 0 Å². The number of carboxylic acids is 1. The Hall–Kier alpha value is -2.29. The monoisotopic (exact) mass is 269 g/mol. The van der Waals surface area contributed by atoms with Crippen LogP contribution in [0.1, 0.15) is 28.3 Å². The predicted octanol–water partition coefficient (Wildman–Crippen LogP) is 3.85. The lowest BCUT2D eigenvalue weighted by Gasteiger charge is -2.17.